The molecule has 106 valence electrons. The minimum absolute atomic E-state index is 0.0696. The van der Waals surface area contributed by atoms with Crippen LogP contribution >= 0.6 is 11.3 Å². The molecular weight excluding hydrogens is 310 g/mol. The number of hydrogen-bond acceptors (Lipinski definition) is 6. The van der Waals surface area contributed by atoms with E-state index in [1.54, 1.807) is 0 Å². The molecule has 1 aromatic rings. The fourth-order valence-electron chi connectivity index (χ4n) is 1.15. The van der Waals surface area contributed by atoms with Crippen molar-refractivity contribution in [1.82, 2.24) is 9.44 Å². The van der Waals surface area contributed by atoms with Crippen LogP contribution in [0, 0.1) is 11.3 Å². The fraction of sp³-hybridized carbons (Fsp3) is 0.444. The van der Waals surface area contributed by atoms with Crippen molar-refractivity contribution in [2.75, 3.05) is 19.3 Å². The van der Waals surface area contributed by atoms with E-state index in [4.69, 9.17) is 5.26 Å². The quantitative estimate of drug-likeness (QED) is 0.676. The summed E-state index contributed by atoms with van der Waals surface area (Å²) >= 11 is 0.885. The van der Waals surface area contributed by atoms with Gasteiger partial charge >= 0.3 is 0 Å². The molecule has 0 amide bonds. The zero-order chi connectivity index (χ0) is 14.5. The summed E-state index contributed by atoms with van der Waals surface area (Å²) in [6, 6.07) is 4.66. The summed E-state index contributed by atoms with van der Waals surface area (Å²) in [6.45, 7) is 0.278. The Bertz CT molecular complexity index is 670. The Morgan fingerprint density at radius 3 is 2.37 bits per heavy atom. The van der Waals surface area contributed by atoms with Crippen LogP contribution in [0.15, 0.2) is 16.3 Å². The van der Waals surface area contributed by atoms with Crippen LogP contribution in [0.5, 0.6) is 0 Å². The van der Waals surface area contributed by atoms with Crippen LogP contribution in [0.4, 0.5) is 0 Å². The van der Waals surface area contributed by atoms with Gasteiger partial charge in [0.1, 0.15) is 15.2 Å². The first-order chi connectivity index (χ1) is 8.74. The molecule has 0 aliphatic heterocycles. The van der Waals surface area contributed by atoms with Gasteiger partial charge in [-0.05, 0) is 18.6 Å². The molecule has 0 spiro atoms. The standard InChI is InChI=1S/C9H13N3O4S3/c1-18(13,14)11-5-2-6-12-19(15,16)9-4-3-8(7-10)17-9/h3-4,11-12H,2,5-6H2,1H3. The molecule has 0 aromatic carbocycles. The van der Waals surface area contributed by atoms with Crippen LogP contribution in [0.1, 0.15) is 11.3 Å². The van der Waals surface area contributed by atoms with E-state index in [0.29, 0.717) is 11.3 Å². The highest BCUT2D eigenvalue weighted by Gasteiger charge is 2.16. The van der Waals surface area contributed by atoms with Crippen molar-refractivity contribution < 1.29 is 16.8 Å². The van der Waals surface area contributed by atoms with Crippen LogP contribution in [0.2, 0.25) is 0 Å². The van der Waals surface area contributed by atoms with E-state index >= 15 is 0 Å². The van der Waals surface area contributed by atoms with E-state index in [9.17, 15) is 16.8 Å². The molecule has 1 heterocycles. The second-order valence-corrected chi connectivity index (χ2v) is 8.56. The molecule has 0 aliphatic carbocycles. The number of rotatable bonds is 7. The number of nitriles is 1. The number of hydrogen-bond donors (Lipinski definition) is 2. The van der Waals surface area contributed by atoms with Gasteiger partial charge in [-0.2, -0.15) is 5.26 Å². The summed E-state index contributed by atoms with van der Waals surface area (Å²) in [5.41, 5.74) is 0. The molecule has 0 aliphatic rings. The first kappa shape index (κ1) is 16.1. The number of sulfonamides is 2. The van der Waals surface area contributed by atoms with E-state index in [2.05, 4.69) is 9.44 Å². The number of nitrogens with zero attached hydrogens (tertiary/aromatic N) is 1. The first-order valence-electron chi connectivity index (χ1n) is 5.19. The van der Waals surface area contributed by atoms with Gasteiger partial charge in [-0.25, -0.2) is 26.3 Å². The van der Waals surface area contributed by atoms with Crippen molar-refractivity contribution in [3.05, 3.63) is 17.0 Å². The van der Waals surface area contributed by atoms with Crippen molar-refractivity contribution in [3.8, 4) is 6.07 Å². The number of nitrogens with one attached hydrogen (secondary N) is 2. The van der Waals surface area contributed by atoms with Crippen molar-refractivity contribution in [2.45, 2.75) is 10.6 Å². The van der Waals surface area contributed by atoms with Gasteiger partial charge in [0, 0.05) is 13.1 Å². The van der Waals surface area contributed by atoms with Gasteiger partial charge in [0.15, 0.2) is 0 Å². The molecule has 19 heavy (non-hydrogen) atoms. The summed E-state index contributed by atoms with van der Waals surface area (Å²) < 4.78 is 49.8. The average molecular weight is 323 g/mol. The van der Waals surface area contributed by atoms with Gasteiger partial charge in [-0.3, -0.25) is 0 Å². The van der Waals surface area contributed by atoms with Crippen molar-refractivity contribution >= 4 is 31.4 Å². The molecular formula is C9H13N3O4S3. The van der Waals surface area contributed by atoms with E-state index in [-0.39, 0.29) is 17.3 Å². The highest BCUT2D eigenvalue weighted by atomic mass is 32.2. The SMILES string of the molecule is CS(=O)(=O)NCCCNS(=O)(=O)c1ccc(C#N)s1. The van der Waals surface area contributed by atoms with Crippen LogP contribution in [0.3, 0.4) is 0 Å². The summed E-state index contributed by atoms with van der Waals surface area (Å²) in [5, 5.41) is 8.62. The minimum Gasteiger partial charge on any atom is -0.215 e. The van der Waals surface area contributed by atoms with Crippen LogP contribution < -0.4 is 9.44 Å². The third kappa shape index (κ3) is 5.66. The zero-order valence-electron chi connectivity index (χ0n) is 10.1. The molecule has 1 aromatic heterocycles. The maximum absolute atomic E-state index is 11.8. The Hall–Kier alpha value is -0.990. The number of thiophene rings is 1. The third-order valence-electron chi connectivity index (χ3n) is 1.97. The lowest BCUT2D eigenvalue weighted by Gasteiger charge is -2.05. The maximum atomic E-state index is 11.8. The summed E-state index contributed by atoms with van der Waals surface area (Å²) in [6.07, 6.45) is 1.37. The largest absolute Gasteiger partial charge is 0.250 e. The minimum atomic E-state index is -3.63. The smallest absolute Gasteiger partial charge is 0.215 e. The Morgan fingerprint density at radius 1 is 1.21 bits per heavy atom. The van der Waals surface area contributed by atoms with E-state index < -0.39 is 20.0 Å². The predicted octanol–water partition coefficient (Wildman–Crippen LogP) is -0.163. The Kier molecular flexibility index (Phi) is 5.45. The highest BCUT2D eigenvalue weighted by Crippen LogP contribution is 2.20. The van der Waals surface area contributed by atoms with Gasteiger partial charge in [-0.15, -0.1) is 11.3 Å². The van der Waals surface area contributed by atoms with Crippen molar-refractivity contribution in [3.63, 3.8) is 0 Å². The van der Waals surface area contributed by atoms with E-state index in [1.807, 2.05) is 6.07 Å². The molecule has 0 bridgehead atoms. The van der Waals surface area contributed by atoms with Crippen molar-refractivity contribution in [1.29, 1.82) is 5.26 Å². The maximum Gasteiger partial charge on any atom is 0.250 e. The second-order valence-electron chi connectivity index (χ2n) is 3.65. The van der Waals surface area contributed by atoms with Gasteiger partial charge < -0.3 is 0 Å². The average Bonchev–Trinajstić information content (AvgIpc) is 2.76. The molecule has 0 fully saturated rings. The molecule has 2 N–H and O–H groups in total. The van der Waals surface area contributed by atoms with Gasteiger partial charge in [0.25, 0.3) is 0 Å². The lowest BCUT2D eigenvalue weighted by molar-refractivity contribution is 0.576. The molecule has 0 atom stereocenters. The van der Waals surface area contributed by atoms with E-state index in [1.165, 1.54) is 12.1 Å². The van der Waals surface area contributed by atoms with Gasteiger partial charge in [-0.1, -0.05) is 0 Å². The Labute approximate surface area is 116 Å². The lowest BCUT2D eigenvalue weighted by Crippen LogP contribution is -2.29. The van der Waals surface area contributed by atoms with E-state index in [0.717, 1.165) is 17.6 Å². The third-order valence-corrected chi connectivity index (χ3v) is 5.64. The van der Waals surface area contributed by atoms with Crippen LogP contribution in [-0.2, 0) is 20.0 Å². The highest BCUT2D eigenvalue weighted by molar-refractivity contribution is 7.91. The lowest BCUT2D eigenvalue weighted by atomic mass is 10.4. The normalized spacial score (nSPS) is 12.2. The molecule has 0 saturated carbocycles. The first-order valence-corrected chi connectivity index (χ1v) is 9.38. The summed E-state index contributed by atoms with van der Waals surface area (Å²) in [7, 11) is -6.88. The molecule has 0 radical (unpaired) electrons. The monoisotopic (exact) mass is 323 g/mol. The van der Waals surface area contributed by atoms with Crippen LogP contribution in [-0.4, -0.2) is 36.2 Å². The van der Waals surface area contributed by atoms with Crippen LogP contribution in [0.25, 0.3) is 0 Å². The molecule has 7 nitrogen and oxygen atoms in total. The molecule has 0 saturated heterocycles. The van der Waals surface area contributed by atoms with Gasteiger partial charge in [0.05, 0.1) is 6.26 Å². The molecule has 10 heteroatoms. The zero-order valence-corrected chi connectivity index (χ0v) is 12.5. The molecule has 1 rings (SSSR count). The second kappa shape index (κ2) is 6.44. The molecule has 0 unspecified atom stereocenters. The summed E-state index contributed by atoms with van der Waals surface area (Å²) in [4.78, 5) is 0.319. The van der Waals surface area contributed by atoms with Gasteiger partial charge in [0.2, 0.25) is 20.0 Å². The predicted molar refractivity (Wildman–Crippen MR) is 71.7 cm³/mol. The Morgan fingerprint density at radius 2 is 1.84 bits per heavy atom. The van der Waals surface area contributed by atoms with Crippen molar-refractivity contribution in [2.24, 2.45) is 0 Å². The topological polar surface area (TPSA) is 116 Å². The Balaban J connectivity index is 2.46. The fourth-order valence-corrected chi connectivity index (χ4v) is 3.89. The summed E-state index contributed by atoms with van der Waals surface area (Å²) in [5.74, 6) is 0.